The molecule has 4 aromatic rings. The zero-order chi connectivity index (χ0) is 42.6. The van der Waals surface area contributed by atoms with Gasteiger partial charge in [0.15, 0.2) is 0 Å². The molecule has 0 spiro atoms. The van der Waals surface area contributed by atoms with Crippen LogP contribution in [0.2, 0.25) is 51.9 Å². The molecule has 0 unspecified atom stereocenters. The Kier molecular flexibility index (Phi) is 19.0. The fourth-order valence-electron chi connectivity index (χ4n) is 6.57. The van der Waals surface area contributed by atoms with Gasteiger partial charge in [0.2, 0.25) is 0 Å². The Morgan fingerprint density at radius 1 is 0.576 bits per heavy atom. The molecule has 314 valence electrons. The molecule has 0 saturated carbocycles. The minimum atomic E-state index is -3.93. The summed E-state index contributed by atoms with van der Waals surface area (Å²) >= 11 is 1.29. The second-order valence-electron chi connectivity index (χ2n) is 19.6. The Morgan fingerprint density at radius 2 is 0.915 bits per heavy atom. The zero-order valence-corrected chi connectivity index (χ0v) is 44.2. The molecule has 0 nitrogen and oxygen atoms in total. The number of fused-ring (bicyclic) bond motifs is 2. The predicted molar refractivity (Wildman–Crippen MR) is 246 cm³/mol. The molecule has 0 bridgehead atoms. The van der Waals surface area contributed by atoms with E-state index in [0.29, 0.717) is 6.04 Å². The molecular formula is C50H61Cl2F3Si3Zr-2. The first kappa shape index (κ1) is 52.9. The molecule has 0 atom stereocenters. The summed E-state index contributed by atoms with van der Waals surface area (Å²) in [4.78, 5) is 0. The van der Waals surface area contributed by atoms with Gasteiger partial charge in [0.05, 0.1) is 16.1 Å². The van der Waals surface area contributed by atoms with E-state index in [1.807, 2.05) is 6.55 Å². The van der Waals surface area contributed by atoms with Crippen molar-refractivity contribution in [2.75, 3.05) is 0 Å². The van der Waals surface area contributed by atoms with Crippen molar-refractivity contribution in [2.24, 2.45) is 10.8 Å². The Hall–Kier alpha value is -2.26. The fourth-order valence-corrected chi connectivity index (χ4v) is 10.5. The molecule has 6 rings (SSSR count). The van der Waals surface area contributed by atoms with E-state index >= 15 is 0 Å². The Balaban J connectivity index is 0.000000329. The minimum Gasteiger partial charge on any atom is -1.00 e. The number of rotatable bonds is 6. The van der Waals surface area contributed by atoms with Crippen LogP contribution in [0.3, 0.4) is 0 Å². The van der Waals surface area contributed by atoms with Crippen LogP contribution in [0.15, 0.2) is 108 Å². The standard InChI is InChI=1S/2C23H27Si.C4H7F3Si.2ClH.Zr/c2*1-23(2,3)16-17-14-19-8-7-9-21(22(19)15-17)18-10-12-20(13-11-18)24(4,5)6;1-8-3-2-4(5,6)7;;;/h2*7-13,15-16H,1-6H3;2-3H2,1H3;2*1H;/q2*-1;;;;+2/p-2. The van der Waals surface area contributed by atoms with Crippen molar-refractivity contribution in [3.8, 4) is 22.3 Å². The predicted octanol–water partition coefficient (Wildman–Crippen LogP) is 4.76. The molecule has 0 N–H and O–H groups in total. The summed E-state index contributed by atoms with van der Waals surface area (Å²) in [6, 6.07) is 31.8. The van der Waals surface area contributed by atoms with Crippen molar-refractivity contribution in [3.05, 3.63) is 129 Å². The molecule has 0 aliphatic heterocycles. The molecule has 0 aromatic heterocycles. The summed E-state index contributed by atoms with van der Waals surface area (Å²) in [6.07, 6.45) is 11.7. The quantitative estimate of drug-likeness (QED) is 0.194. The average Bonchev–Trinajstić information content (AvgIpc) is 3.68. The molecule has 2 aliphatic rings. The number of hydrogen-bond acceptors (Lipinski definition) is 0. The zero-order valence-electron chi connectivity index (χ0n) is 37.2. The van der Waals surface area contributed by atoms with Crippen LogP contribution in [-0.4, -0.2) is 27.8 Å². The van der Waals surface area contributed by atoms with Gasteiger partial charge in [-0.15, -0.1) is 80.6 Å². The first-order chi connectivity index (χ1) is 26.2. The van der Waals surface area contributed by atoms with Crippen LogP contribution in [0, 0.1) is 10.8 Å². The van der Waals surface area contributed by atoms with Crippen LogP contribution in [0.25, 0.3) is 46.6 Å². The van der Waals surface area contributed by atoms with Crippen LogP contribution in [0.1, 0.15) is 48.0 Å². The van der Waals surface area contributed by atoms with E-state index in [4.69, 9.17) is 0 Å². The van der Waals surface area contributed by atoms with E-state index in [9.17, 15) is 13.2 Å². The van der Waals surface area contributed by atoms with Crippen molar-refractivity contribution in [1.29, 1.82) is 0 Å². The van der Waals surface area contributed by atoms with E-state index in [1.165, 1.54) is 88.0 Å². The second kappa shape index (κ2) is 21.2. The number of alkyl halides is 3. The number of hydrogen-bond donors (Lipinski definition) is 0. The van der Waals surface area contributed by atoms with Gasteiger partial charge in [-0.3, -0.25) is 0 Å². The van der Waals surface area contributed by atoms with Crippen molar-refractivity contribution in [1.82, 2.24) is 0 Å². The average molecular weight is 965 g/mol. The first-order valence-electron chi connectivity index (χ1n) is 20.0. The Bertz CT molecular complexity index is 2230. The molecule has 0 heterocycles. The SMILES string of the molecule is CC(C)(C)C=C1[C-]=c2cccc(-c3ccc([Si](C)(C)C)cc3)c2=C1.CC(C)(C)C=C1[C-]=c2cccc(-c3ccc([Si](C)(C)C)cc3)c2=C1.C[Si](=[Zr+2])CCC(F)(F)F.[Cl-].[Cl-]. The normalized spacial score (nSPS) is 14.7. The first-order valence-corrected chi connectivity index (χ1v) is 32.9. The smallest absolute Gasteiger partial charge is 1.00 e. The number of halogens is 5. The Morgan fingerprint density at radius 3 is 1.17 bits per heavy atom. The third-order valence-corrected chi connectivity index (χ3v) is 16.4. The van der Waals surface area contributed by atoms with Gasteiger partial charge in [-0.1, -0.05) is 175 Å². The molecule has 59 heavy (non-hydrogen) atoms. The monoisotopic (exact) mass is 962 g/mol. The molecule has 4 aromatic carbocycles. The van der Waals surface area contributed by atoms with Crippen molar-refractivity contribution in [2.45, 2.75) is 106 Å². The summed E-state index contributed by atoms with van der Waals surface area (Å²) in [5.41, 5.74) is 7.33. The van der Waals surface area contributed by atoms with E-state index in [2.05, 4.69) is 202 Å². The van der Waals surface area contributed by atoms with Crippen LogP contribution in [0.5, 0.6) is 0 Å². The molecular weight excluding hydrogens is 904 g/mol. The fraction of sp³-hybridized carbons (Fsp3) is 0.360. The van der Waals surface area contributed by atoms with Crippen LogP contribution < -0.4 is 56.1 Å². The molecule has 0 fully saturated rings. The number of allylic oxidation sites excluding steroid dienone is 4. The summed E-state index contributed by atoms with van der Waals surface area (Å²) in [5.74, 6) is 0. The van der Waals surface area contributed by atoms with Gasteiger partial charge in [-0.25, -0.2) is 0 Å². The van der Waals surface area contributed by atoms with Gasteiger partial charge in [0, 0.05) is 0 Å². The van der Waals surface area contributed by atoms with E-state index in [-0.39, 0.29) is 35.6 Å². The summed E-state index contributed by atoms with van der Waals surface area (Å²) in [7, 11) is -2.49. The molecule has 2 aliphatic carbocycles. The van der Waals surface area contributed by atoms with E-state index in [0.717, 1.165) is 0 Å². The van der Waals surface area contributed by atoms with Gasteiger partial charge in [0.1, 0.15) is 0 Å². The van der Waals surface area contributed by atoms with E-state index in [1.54, 1.807) is 0 Å². The summed E-state index contributed by atoms with van der Waals surface area (Å²) in [6.45, 7) is 29.7. The largest absolute Gasteiger partial charge is 1.00 e. The molecule has 0 amide bonds. The molecule has 0 saturated heterocycles. The van der Waals surface area contributed by atoms with Crippen molar-refractivity contribution >= 4 is 56.3 Å². The van der Waals surface area contributed by atoms with Crippen LogP contribution in [-0.2, 0) is 23.3 Å². The third-order valence-electron chi connectivity index (χ3n) is 9.45. The van der Waals surface area contributed by atoms with Crippen LogP contribution in [0.4, 0.5) is 13.2 Å². The maximum Gasteiger partial charge on any atom is -1.00 e. The minimum absolute atomic E-state index is 0. The van der Waals surface area contributed by atoms with E-state index < -0.39 is 34.2 Å². The van der Waals surface area contributed by atoms with Crippen LogP contribution >= 0.6 is 0 Å². The Labute approximate surface area is 382 Å². The number of benzene rings is 4. The van der Waals surface area contributed by atoms with Gasteiger partial charge in [-0.05, 0) is 22.0 Å². The van der Waals surface area contributed by atoms with Gasteiger partial charge in [0.25, 0.3) is 0 Å². The summed E-state index contributed by atoms with van der Waals surface area (Å²) < 4.78 is 34.3. The second-order valence-corrected chi connectivity index (χ2v) is 38.1. The topological polar surface area (TPSA) is 0 Å². The van der Waals surface area contributed by atoms with Crippen molar-refractivity contribution < 1.29 is 61.3 Å². The summed E-state index contributed by atoms with van der Waals surface area (Å²) in [5, 5.41) is 8.03. The van der Waals surface area contributed by atoms with Gasteiger partial charge in [-0.2, -0.15) is 0 Å². The maximum absolute atomic E-state index is 11.4. The van der Waals surface area contributed by atoms with Gasteiger partial charge >= 0.3 is 67.1 Å². The third kappa shape index (κ3) is 16.9. The molecule has 0 radical (unpaired) electrons. The van der Waals surface area contributed by atoms with Crippen molar-refractivity contribution in [3.63, 3.8) is 0 Å². The maximum atomic E-state index is 11.4. The van der Waals surface area contributed by atoms with Gasteiger partial charge < -0.3 is 24.8 Å². The molecule has 9 heteroatoms.